The van der Waals surface area contributed by atoms with Crippen LogP contribution in [0.4, 0.5) is 0 Å². The number of primary sulfonamides is 1. The first kappa shape index (κ1) is 15.5. The smallest absolute Gasteiger partial charge is 0.238 e. The summed E-state index contributed by atoms with van der Waals surface area (Å²) in [6.07, 6.45) is 5.25. The Morgan fingerprint density at radius 3 is 2.60 bits per heavy atom. The minimum Gasteiger partial charge on any atom is -0.312 e. The molecule has 0 spiro atoms. The van der Waals surface area contributed by atoms with E-state index < -0.39 is 10.0 Å². The van der Waals surface area contributed by atoms with E-state index in [2.05, 4.69) is 12.2 Å². The van der Waals surface area contributed by atoms with Crippen LogP contribution in [0.1, 0.15) is 38.2 Å². The van der Waals surface area contributed by atoms with Gasteiger partial charge in [0.1, 0.15) is 0 Å². The Morgan fingerprint density at radius 1 is 1.25 bits per heavy atom. The third-order valence-corrected chi connectivity index (χ3v) is 5.04. The molecule has 1 aromatic rings. The van der Waals surface area contributed by atoms with Crippen molar-refractivity contribution in [3.63, 3.8) is 0 Å². The van der Waals surface area contributed by atoms with E-state index >= 15 is 0 Å². The molecule has 112 valence electrons. The van der Waals surface area contributed by atoms with Crippen LogP contribution >= 0.6 is 0 Å². The van der Waals surface area contributed by atoms with E-state index in [1.807, 2.05) is 6.07 Å². The molecule has 1 aliphatic carbocycles. The molecule has 0 bridgehead atoms. The van der Waals surface area contributed by atoms with Gasteiger partial charge >= 0.3 is 0 Å². The summed E-state index contributed by atoms with van der Waals surface area (Å²) in [6.45, 7) is 4.02. The highest BCUT2D eigenvalue weighted by Crippen LogP contribution is 2.27. The monoisotopic (exact) mass is 296 g/mol. The van der Waals surface area contributed by atoms with Crippen molar-refractivity contribution in [2.45, 2.75) is 44.0 Å². The SMILES string of the molecule is CC1CCC(CNCc2cccc(S(N)(=O)=O)c2)CC1. The molecule has 0 saturated heterocycles. The van der Waals surface area contributed by atoms with E-state index in [-0.39, 0.29) is 4.90 Å². The molecular formula is C15H24N2O2S. The minimum atomic E-state index is -3.60. The zero-order chi connectivity index (χ0) is 14.6. The molecule has 1 aliphatic rings. The van der Waals surface area contributed by atoms with Crippen molar-refractivity contribution in [3.05, 3.63) is 29.8 Å². The highest BCUT2D eigenvalue weighted by molar-refractivity contribution is 7.89. The Morgan fingerprint density at radius 2 is 1.95 bits per heavy atom. The third kappa shape index (κ3) is 4.58. The highest BCUT2D eigenvalue weighted by atomic mass is 32.2. The second kappa shape index (κ2) is 6.70. The average Bonchev–Trinajstić information content (AvgIpc) is 2.40. The summed E-state index contributed by atoms with van der Waals surface area (Å²) in [7, 11) is -3.60. The standard InChI is InChI=1S/C15H24N2O2S/c1-12-5-7-13(8-6-12)10-17-11-14-3-2-4-15(9-14)20(16,18)19/h2-4,9,12-13,17H,5-8,10-11H2,1H3,(H2,16,18,19). The van der Waals surface area contributed by atoms with Crippen molar-refractivity contribution >= 4 is 10.0 Å². The fourth-order valence-corrected chi connectivity index (χ4v) is 3.37. The molecule has 1 saturated carbocycles. The first-order valence-corrected chi connectivity index (χ1v) is 8.82. The van der Waals surface area contributed by atoms with E-state index in [1.54, 1.807) is 12.1 Å². The van der Waals surface area contributed by atoms with Gasteiger partial charge in [0.2, 0.25) is 10.0 Å². The lowest BCUT2D eigenvalue weighted by Crippen LogP contribution is -2.25. The predicted molar refractivity (Wildman–Crippen MR) is 80.6 cm³/mol. The molecule has 5 heteroatoms. The summed E-state index contributed by atoms with van der Waals surface area (Å²) in [5, 5.41) is 8.57. The van der Waals surface area contributed by atoms with Crippen LogP contribution in [0.5, 0.6) is 0 Å². The zero-order valence-corrected chi connectivity index (χ0v) is 12.8. The Labute approximate surface area is 121 Å². The van der Waals surface area contributed by atoms with E-state index in [0.717, 1.165) is 23.9 Å². The van der Waals surface area contributed by atoms with Crippen LogP contribution in [0.3, 0.4) is 0 Å². The van der Waals surface area contributed by atoms with Crippen molar-refractivity contribution in [1.82, 2.24) is 5.32 Å². The van der Waals surface area contributed by atoms with Crippen molar-refractivity contribution in [2.24, 2.45) is 17.0 Å². The second-order valence-corrected chi connectivity index (χ2v) is 7.51. The highest BCUT2D eigenvalue weighted by Gasteiger charge is 2.17. The number of nitrogens with two attached hydrogens (primary N) is 1. The van der Waals surface area contributed by atoms with Crippen molar-refractivity contribution < 1.29 is 8.42 Å². The van der Waals surface area contributed by atoms with Gasteiger partial charge in [0.25, 0.3) is 0 Å². The van der Waals surface area contributed by atoms with Gasteiger partial charge in [0.05, 0.1) is 4.90 Å². The first-order chi connectivity index (χ1) is 9.45. The van der Waals surface area contributed by atoms with Gasteiger partial charge in [-0.2, -0.15) is 0 Å². The average molecular weight is 296 g/mol. The van der Waals surface area contributed by atoms with Gasteiger partial charge in [0, 0.05) is 6.54 Å². The molecule has 0 heterocycles. The Bertz CT molecular complexity index is 535. The summed E-state index contributed by atoms with van der Waals surface area (Å²) in [5.41, 5.74) is 0.959. The van der Waals surface area contributed by atoms with Crippen molar-refractivity contribution in [3.8, 4) is 0 Å². The summed E-state index contributed by atoms with van der Waals surface area (Å²) in [5.74, 6) is 1.63. The third-order valence-electron chi connectivity index (χ3n) is 4.12. The molecule has 0 aliphatic heterocycles. The Balaban J connectivity index is 1.82. The number of rotatable bonds is 5. The quantitative estimate of drug-likeness (QED) is 0.875. The van der Waals surface area contributed by atoms with Crippen molar-refractivity contribution in [2.75, 3.05) is 6.54 Å². The Kier molecular flexibility index (Phi) is 5.18. The predicted octanol–water partition coefficient (Wildman–Crippen LogP) is 2.25. The van der Waals surface area contributed by atoms with Gasteiger partial charge < -0.3 is 5.32 Å². The van der Waals surface area contributed by atoms with Gasteiger partial charge in [0.15, 0.2) is 0 Å². The van der Waals surface area contributed by atoms with Gasteiger partial charge in [-0.05, 0) is 48.9 Å². The zero-order valence-electron chi connectivity index (χ0n) is 12.0. The Hall–Kier alpha value is -0.910. The molecule has 0 aromatic heterocycles. The number of hydrogen-bond donors (Lipinski definition) is 2. The van der Waals surface area contributed by atoms with Gasteiger partial charge in [-0.25, -0.2) is 13.6 Å². The molecule has 0 unspecified atom stereocenters. The topological polar surface area (TPSA) is 72.2 Å². The van der Waals surface area contributed by atoms with Crippen molar-refractivity contribution in [1.29, 1.82) is 0 Å². The normalized spacial score (nSPS) is 23.7. The fourth-order valence-electron chi connectivity index (χ4n) is 2.79. The minimum absolute atomic E-state index is 0.184. The number of benzene rings is 1. The van der Waals surface area contributed by atoms with Gasteiger partial charge in [-0.15, -0.1) is 0 Å². The van der Waals surface area contributed by atoms with E-state index in [0.29, 0.717) is 6.54 Å². The molecule has 1 aromatic carbocycles. The van der Waals surface area contributed by atoms with Crippen LogP contribution in [0.2, 0.25) is 0 Å². The fraction of sp³-hybridized carbons (Fsp3) is 0.600. The lowest BCUT2D eigenvalue weighted by molar-refractivity contribution is 0.281. The second-order valence-electron chi connectivity index (χ2n) is 5.95. The molecule has 0 amide bonds. The number of nitrogens with one attached hydrogen (secondary N) is 1. The maximum Gasteiger partial charge on any atom is 0.238 e. The number of hydrogen-bond acceptors (Lipinski definition) is 3. The lowest BCUT2D eigenvalue weighted by Gasteiger charge is -2.26. The first-order valence-electron chi connectivity index (χ1n) is 7.27. The van der Waals surface area contributed by atoms with E-state index in [9.17, 15) is 8.42 Å². The maximum atomic E-state index is 11.3. The molecule has 0 radical (unpaired) electrons. The summed E-state index contributed by atoms with van der Waals surface area (Å²) in [6, 6.07) is 6.83. The van der Waals surface area contributed by atoms with E-state index in [1.165, 1.54) is 31.7 Å². The largest absolute Gasteiger partial charge is 0.312 e. The summed E-state index contributed by atoms with van der Waals surface area (Å²) in [4.78, 5) is 0.184. The van der Waals surface area contributed by atoms with E-state index in [4.69, 9.17) is 5.14 Å². The van der Waals surface area contributed by atoms with Crippen LogP contribution in [0, 0.1) is 11.8 Å². The molecule has 3 N–H and O–H groups in total. The summed E-state index contributed by atoms with van der Waals surface area (Å²) < 4.78 is 22.6. The molecular weight excluding hydrogens is 272 g/mol. The van der Waals surface area contributed by atoms with Crippen LogP contribution in [0.15, 0.2) is 29.2 Å². The van der Waals surface area contributed by atoms with Gasteiger partial charge in [-0.1, -0.05) is 31.9 Å². The summed E-state index contributed by atoms with van der Waals surface area (Å²) >= 11 is 0. The molecule has 20 heavy (non-hydrogen) atoms. The van der Waals surface area contributed by atoms with Crippen LogP contribution in [0.25, 0.3) is 0 Å². The molecule has 1 fully saturated rings. The molecule has 4 nitrogen and oxygen atoms in total. The lowest BCUT2D eigenvalue weighted by atomic mass is 9.83. The number of sulfonamides is 1. The molecule has 0 atom stereocenters. The van der Waals surface area contributed by atoms with Gasteiger partial charge in [-0.3, -0.25) is 0 Å². The van der Waals surface area contributed by atoms with Crippen LogP contribution < -0.4 is 10.5 Å². The molecule has 2 rings (SSSR count). The van der Waals surface area contributed by atoms with Crippen LogP contribution in [-0.4, -0.2) is 15.0 Å². The maximum absolute atomic E-state index is 11.3. The van der Waals surface area contributed by atoms with Crippen LogP contribution in [-0.2, 0) is 16.6 Å².